The first-order valence-corrected chi connectivity index (χ1v) is 7.90. The van der Waals surface area contributed by atoms with E-state index in [1.54, 1.807) is 12.1 Å². The predicted molar refractivity (Wildman–Crippen MR) is 88.0 cm³/mol. The summed E-state index contributed by atoms with van der Waals surface area (Å²) in [4.78, 5) is 4.70. The highest BCUT2D eigenvalue weighted by atomic mass is 19.1. The minimum absolute atomic E-state index is 0.241. The Labute approximate surface area is 133 Å². The average Bonchev–Trinajstić information content (AvgIpc) is 3.21. The zero-order valence-electron chi connectivity index (χ0n) is 12.7. The van der Waals surface area contributed by atoms with Gasteiger partial charge in [0.1, 0.15) is 23.0 Å². The van der Waals surface area contributed by atoms with Crippen molar-refractivity contribution in [2.24, 2.45) is 0 Å². The number of halogens is 1. The number of fused-ring (bicyclic) bond motifs is 1. The van der Waals surface area contributed by atoms with Gasteiger partial charge in [0, 0.05) is 24.9 Å². The molecule has 1 aromatic carbocycles. The molecule has 4 rings (SSSR count). The van der Waals surface area contributed by atoms with Gasteiger partial charge in [-0.05, 0) is 49.2 Å². The monoisotopic (exact) mass is 311 g/mol. The van der Waals surface area contributed by atoms with Crippen LogP contribution in [0.4, 0.5) is 10.2 Å². The Morgan fingerprint density at radius 3 is 2.87 bits per heavy atom. The zero-order valence-corrected chi connectivity index (χ0v) is 12.7. The molecule has 0 radical (unpaired) electrons. The third-order valence-electron chi connectivity index (χ3n) is 4.17. The lowest BCUT2D eigenvalue weighted by Crippen LogP contribution is -2.19. The van der Waals surface area contributed by atoms with Gasteiger partial charge in [-0.3, -0.25) is 4.40 Å². The van der Waals surface area contributed by atoms with Crippen LogP contribution in [-0.4, -0.2) is 28.6 Å². The summed E-state index contributed by atoms with van der Waals surface area (Å²) < 4.78 is 20.9. The van der Waals surface area contributed by atoms with Crippen molar-refractivity contribution in [1.29, 1.82) is 0 Å². The Morgan fingerprint density at radius 2 is 2.09 bits per heavy atom. The quantitative estimate of drug-likeness (QED) is 0.798. The molecule has 0 aliphatic carbocycles. The maximum absolute atomic E-state index is 13.2. The minimum Gasteiger partial charge on any atom is -0.376 e. The molecular formula is C18H18FN3O. The number of aromatic nitrogens is 2. The molecule has 1 atom stereocenters. The van der Waals surface area contributed by atoms with Crippen LogP contribution in [0, 0.1) is 5.82 Å². The fourth-order valence-corrected chi connectivity index (χ4v) is 2.99. The van der Waals surface area contributed by atoms with Crippen molar-refractivity contribution in [3.05, 3.63) is 54.5 Å². The molecule has 0 bridgehead atoms. The molecule has 5 heteroatoms. The van der Waals surface area contributed by atoms with Crippen molar-refractivity contribution >= 4 is 11.5 Å². The van der Waals surface area contributed by atoms with Gasteiger partial charge in [-0.25, -0.2) is 9.37 Å². The summed E-state index contributed by atoms with van der Waals surface area (Å²) >= 11 is 0. The summed E-state index contributed by atoms with van der Waals surface area (Å²) in [7, 11) is 0. The first-order chi connectivity index (χ1) is 11.3. The normalized spacial score (nSPS) is 17.7. The van der Waals surface area contributed by atoms with Crippen LogP contribution in [0.15, 0.2) is 48.7 Å². The number of nitrogens with zero attached hydrogens (tertiary/aromatic N) is 2. The highest BCUT2D eigenvalue weighted by Crippen LogP contribution is 2.29. The van der Waals surface area contributed by atoms with Crippen LogP contribution in [0.3, 0.4) is 0 Å². The molecule has 0 saturated carbocycles. The van der Waals surface area contributed by atoms with Crippen LogP contribution in [0.25, 0.3) is 16.9 Å². The summed E-state index contributed by atoms with van der Waals surface area (Å²) in [5.41, 5.74) is 2.58. The molecule has 3 aromatic rings. The zero-order chi connectivity index (χ0) is 15.6. The Morgan fingerprint density at radius 1 is 1.22 bits per heavy atom. The van der Waals surface area contributed by atoms with Gasteiger partial charge in [0.2, 0.25) is 0 Å². The SMILES string of the molecule is Fc1ccc(-c2nc3ccccn3c2NCC2CCCO2)cc1. The summed E-state index contributed by atoms with van der Waals surface area (Å²) in [5.74, 6) is 0.675. The molecular weight excluding hydrogens is 293 g/mol. The molecule has 1 aliphatic heterocycles. The van der Waals surface area contributed by atoms with Crippen molar-refractivity contribution in [2.45, 2.75) is 18.9 Å². The van der Waals surface area contributed by atoms with Crippen LogP contribution < -0.4 is 5.32 Å². The van der Waals surface area contributed by atoms with E-state index in [1.807, 2.05) is 28.8 Å². The second-order valence-corrected chi connectivity index (χ2v) is 5.76. The lowest BCUT2D eigenvalue weighted by atomic mass is 10.1. The van der Waals surface area contributed by atoms with Crippen molar-refractivity contribution in [3.63, 3.8) is 0 Å². The standard InChI is InChI=1S/C18H18FN3O/c19-14-8-6-13(7-9-14)17-18(20-12-15-4-3-11-23-15)22-10-2-1-5-16(22)21-17/h1-2,5-10,15,20H,3-4,11-12H2. The van der Waals surface area contributed by atoms with Gasteiger partial charge < -0.3 is 10.1 Å². The number of anilines is 1. The van der Waals surface area contributed by atoms with E-state index < -0.39 is 0 Å². The maximum atomic E-state index is 13.2. The fourth-order valence-electron chi connectivity index (χ4n) is 2.99. The number of rotatable bonds is 4. The van der Waals surface area contributed by atoms with Gasteiger partial charge in [-0.15, -0.1) is 0 Å². The number of pyridine rings is 1. The van der Waals surface area contributed by atoms with E-state index in [1.165, 1.54) is 12.1 Å². The van der Waals surface area contributed by atoms with Crippen LogP contribution in [0.5, 0.6) is 0 Å². The number of imidazole rings is 1. The molecule has 0 amide bonds. The van der Waals surface area contributed by atoms with E-state index in [0.717, 1.165) is 48.7 Å². The molecule has 0 spiro atoms. The summed E-state index contributed by atoms with van der Waals surface area (Å²) in [6.07, 6.45) is 4.41. The molecule has 1 fully saturated rings. The highest BCUT2D eigenvalue weighted by Gasteiger charge is 2.18. The summed E-state index contributed by atoms with van der Waals surface area (Å²) in [6.45, 7) is 1.58. The third-order valence-corrected chi connectivity index (χ3v) is 4.17. The summed E-state index contributed by atoms with van der Waals surface area (Å²) in [6, 6.07) is 12.3. The third kappa shape index (κ3) is 2.80. The van der Waals surface area contributed by atoms with E-state index in [9.17, 15) is 4.39 Å². The second-order valence-electron chi connectivity index (χ2n) is 5.76. The molecule has 1 N–H and O–H groups in total. The molecule has 23 heavy (non-hydrogen) atoms. The number of hydrogen-bond donors (Lipinski definition) is 1. The Kier molecular flexibility index (Phi) is 3.71. The summed E-state index contributed by atoms with van der Waals surface area (Å²) in [5, 5.41) is 3.47. The number of ether oxygens (including phenoxy) is 1. The van der Waals surface area contributed by atoms with E-state index in [4.69, 9.17) is 9.72 Å². The molecule has 1 saturated heterocycles. The molecule has 118 valence electrons. The van der Waals surface area contributed by atoms with Gasteiger partial charge in [-0.1, -0.05) is 6.07 Å². The van der Waals surface area contributed by atoms with Gasteiger partial charge in [0.05, 0.1) is 6.10 Å². The van der Waals surface area contributed by atoms with Crippen molar-refractivity contribution in [2.75, 3.05) is 18.5 Å². The molecule has 1 unspecified atom stereocenters. The van der Waals surface area contributed by atoms with E-state index >= 15 is 0 Å². The van der Waals surface area contributed by atoms with Gasteiger partial charge in [-0.2, -0.15) is 0 Å². The topological polar surface area (TPSA) is 38.6 Å². The molecule has 4 nitrogen and oxygen atoms in total. The van der Waals surface area contributed by atoms with Crippen LogP contribution in [-0.2, 0) is 4.74 Å². The smallest absolute Gasteiger partial charge is 0.139 e. The number of nitrogens with one attached hydrogen (secondary N) is 1. The Balaban J connectivity index is 1.72. The van der Waals surface area contributed by atoms with Gasteiger partial charge in [0.15, 0.2) is 0 Å². The molecule has 1 aliphatic rings. The van der Waals surface area contributed by atoms with Crippen LogP contribution in [0.1, 0.15) is 12.8 Å². The minimum atomic E-state index is -0.244. The molecule has 3 heterocycles. The second kappa shape index (κ2) is 6.01. The number of benzene rings is 1. The van der Waals surface area contributed by atoms with Crippen molar-refractivity contribution in [3.8, 4) is 11.3 Å². The lowest BCUT2D eigenvalue weighted by Gasteiger charge is -2.13. The fraction of sp³-hybridized carbons (Fsp3) is 0.278. The van der Waals surface area contributed by atoms with Crippen LogP contribution >= 0.6 is 0 Å². The van der Waals surface area contributed by atoms with Crippen LogP contribution in [0.2, 0.25) is 0 Å². The Hall–Kier alpha value is -2.40. The first-order valence-electron chi connectivity index (χ1n) is 7.90. The molecule has 2 aromatic heterocycles. The maximum Gasteiger partial charge on any atom is 0.139 e. The van der Waals surface area contributed by atoms with E-state index in [-0.39, 0.29) is 11.9 Å². The Bertz CT molecular complexity index is 807. The van der Waals surface area contributed by atoms with Crippen molar-refractivity contribution in [1.82, 2.24) is 9.38 Å². The number of hydrogen-bond acceptors (Lipinski definition) is 3. The average molecular weight is 311 g/mol. The van der Waals surface area contributed by atoms with Gasteiger partial charge >= 0.3 is 0 Å². The van der Waals surface area contributed by atoms with Crippen molar-refractivity contribution < 1.29 is 9.13 Å². The van der Waals surface area contributed by atoms with E-state index in [2.05, 4.69) is 5.32 Å². The highest BCUT2D eigenvalue weighted by molar-refractivity contribution is 5.76. The largest absolute Gasteiger partial charge is 0.376 e. The predicted octanol–water partition coefficient (Wildman–Crippen LogP) is 3.73. The first kappa shape index (κ1) is 14.2. The lowest BCUT2D eigenvalue weighted by molar-refractivity contribution is 0.120. The van der Waals surface area contributed by atoms with Gasteiger partial charge in [0.25, 0.3) is 0 Å². The van der Waals surface area contributed by atoms with E-state index in [0.29, 0.717) is 0 Å².